The molecule has 0 radical (unpaired) electrons. The lowest BCUT2D eigenvalue weighted by Crippen LogP contribution is -2.35. The number of ether oxygens (including phenoxy) is 6. The largest absolute Gasteiger partial charge is 0.378 e. The molecule has 0 heterocycles. The maximum atomic E-state index is 13.7. The summed E-state index contributed by atoms with van der Waals surface area (Å²) in [4.78, 5) is 11.6. The zero-order chi connectivity index (χ0) is 25.3. The van der Waals surface area contributed by atoms with Crippen molar-refractivity contribution >= 4 is 5.91 Å². The van der Waals surface area contributed by atoms with Gasteiger partial charge in [0.25, 0.3) is 0 Å². The molecule has 0 aromatic rings. The Morgan fingerprint density at radius 2 is 1.18 bits per heavy atom. The molecular formula is C24H53FN2O7. The van der Waals surface area contributed by atoms with E-state index in [1.54, 1.807) is 0 Å². The van der Waals surface area contributed by atoms with E-state index in [0.29, 0.717) is 78.7 Å². The Morgan fingerprint density at radius 3 is 1.62 bits per heavy atom. The molecule has 3 atom stereocenters. The van der Waals surface area contributed by atoms with E-state index in [4.69, 9.17) is 28.4 Å². The van der Waals surface area contributed by atoms with Crippen molar-refractivity contribution in [3.05, 3.63) is 0 Å². The third-order valence-corrected chi connectivity index (χ3v) is 5.07. The molecule has 0 saturated heterocycles. The molecule has 0 bridgehead atoms. The smallest absolute Gasteiger partial charge is 0.222 e. The minimum Gasteiger partial charge on any atom is -0.378 e. The van der Waals surface area contributed by atoms with Crippen LogP contribution in [0.15, 0.2) is 0 Å². The molecule has 0 fully saturated rings. The fourth-order valence-electron chi connectivity index (χ4n) is 2.46. The Bertz CT molecular complexity index is 461. The molecule has 1 amide bonds. The van der Waals surface area contributed by atoms with Crippen molar-refractivity contribution in [3.63, 3.8) is 0 Å². The molecule has 0 aromatic carbocycles. The Kier molecular flexibility index (Phi) is 24.6. The van der Waals surface area contributed by atoms with Gasteiger partial charge in [-0.1, -0.05) is 20.8 Å². The van der Waals surface area contributed by atoms with Gasteiger partial charge in [0, 0.05) is 21.4 Å². The molecule has 0 aliphatic rings. The first-order valence-corrected chi connectivity index (χ1v) is 12.6. The van der Waals surface area contributed by atoms with E-state index in [-0.39, 0.29) is 27.8 Å². The zero-order valence-electron chi connectivity index (χ0n) is 21.8. The first kappa shape index (κ1) is 33.1. The van der Waals surface area contributed by atoms with Crippen LogP contribution in [0.5, 0.6) is 0 Å². The highest BCUT2D eigenvalue weighted by Gasteiger charge is 2.13. The van der Waals surface area contributed by atoms with E-state index in [0.717, 1.165) is 19.4 Å². The van der Waals surface area contributed by atoms with Crippen LogP contribution in [0.4, 0.5) is 4.39 Å². The standard InChI is InChI=1S/C24H49FN2O7.2H2/c1-5-21(3)24(28)27-19-23(25)20-34-18-17-33-16-15-32-14-13-31-12-11-30-10-9-29-8-7-26-22(4)6-2;;/h21-23,26H,5-20H2,1-4H3,(H,27,28);2*1H. The van der Waals surface area contributed by atoms with Gasteiger partial charge in [0.1, 0.15) is 6.17 Å². The fraction of sp³-hybridized carbons (Fsp3) is 0.958. The summed E-state index contributed by atoms with van der Waals surface area (Å²) in [6.45, 7) is 14.2. The average molecular weight is 501 g/mol. The molecule has 0 aliphatic heterocycles. The minimum absolute atomic E-state index is 0. The number of carbonyl (C=O) groups is 1. The van der Waals surface area contributed by atoms with Gasteiger partial charge in [-0.25, -0.2) is 4.39 Å². The van der Waals surface area contributed by atoms with Crippen molar-refractivity contribution in [2.45, 2.75) is 52.8 Å². The second-order valence-electron chi connectivity index (χ2n) is 8.05. The summed E-state index contributed by atoms with van der Waals surface area (Å²) in [5.41, 5.74) is 0. The highest BCUT2D eigenvalue weighted by atomic mass is 19.1. The maximum absolute atomic E-state index is 13.7. The minimum atomic E-state index is -1.23. The summed E-state index contributed by atoms with van der Waals surface area (Å²) in [5.74, 6) is -0.235. The van der Waals surface area contributed by atoms with Gasteiger partial charge in [-0.05, 0) is 19.8 Å². The lowest BCUT2D eigenvalue weighted by molar-refractivity contribution is -0.124. The van der Waals surface area contributed by atoms with Crippen LogP contribution in [0.25, 0.3) is 0 Å². The Morgan fingerprint density at radius 1 is 0.735 bits per heavy atom. The van der Waals surface area contributed by atoms with Crippen LogP contribution >= 0.6 is 0 Å². The van der Waals surface area contributed by atoms with Crippen molar-refractivity contribution < 1.29 is 40.5 Å². The van der Waals surface area contributed by atoms with Crippen LogP contribution in [-0.4, -0.2) is 110 Å². The Hall–Kier alpha value is -0.880. The maximum Gasteiger partial charge on any atom is 0.222 e. The molecule has 3 unspecified atom stereocenters. The van der Waals surface area contributed by atoms with E-state index < -0.39 is 6.17 Å². The van der Waals surface area contributed by atoms with Gasteiger partial charge in [0.2, 0.25) is 5.91 Å². The number of hydrogen-bond acceptors (Lipinski definition) is 8. The van der Waals surface area contributed by atoms with Gasteiger partial charge in [0.05, 0.1) is 85.8 Å². The monoisotopic (exact) mass is 500 g/mol. The summed E-state index contributed by atoms with van der Waals surface area (Å²) in [5, 5.41) is 5.95. The number of amides is 1. The van der Waals surface area contributed by atoms with E-state index in [2.05, 4.69) is 24.5 Å². The predicted octanol–water partition coefficient (Wildman–Crippen LogP) is 2.47. The normalized spacial score (nSPS) is 14.1. The van der Waals surface area contributed by atoms with Gasteiger partial charge in [-0.15, -0.1) is 0 Å². The van der Waals surface area contributed by atoms with Crippen LogP contribution in [0.2, 0.25) is 0 Å². The summed E-state index contributed by atoms with van der Waals surface area (Å²) in [6.07, 6.45) is 0.622. The molecule has 2 N–H and O–H groups in total. The molecule has 0 rings (SSSR count). The molecule has 9 nitrogen and oxygen atoms in total. The second-order valence-corrected chi connectivity index (χ2v) is 8.05. The number of halogens is 1. The molecule has 0 aliphatic carbocycles. The predicted molar refractivity (Wildman–Crippen MR) is 134 cm³/mol. The van der Waals surface area contributed by atoms with Crippen LogP contribution in [0.3, 0.4) is 0 Å². The lowest BCUT2D eigenvalue weighted by Gasteiger charge is -2.13. The first-order valence-electron chi connectivity index (χ1n) is 12.6. The van der Waals surface area contributed by atoms with Crippen molar-refractivity contribution in [2.75, 3.05) is 92.4 Å². The van der Waals surface area contributed by atoms with Gasteiger partial charge in [0.15, 0.2) is 0 Å². The van der Waals surface area contributed by atoms with Crippen LogP contribution in [0, 0.1) is 5.92 Å². The third-order valence-electron chi connectivity index (χ3n) is 5.07. The summed E-state index contributed by atoms with van der Waals surface area (Å²) in [7, 11) is 0. The van der Waals surface area contributed by atoms with Gasteiger partial charge in [-0.2, -0.15) is 0 Å². The lowest BCUT2D eigenvalue weighted by atomic mass is 10.1. The summed E-state index contributed by atoms with van der Waals surface area (Å²) < 4.78 is 46.0. The van der Waals surface area contributed by atoms with E-state index in [1.807, 2.05) is 13.8 Å². The highest BCUT2D eigenvalue weighted by Crippen LogP contribution is 2.00. The number of alkyl halides is 1. The topological polar surface area (TPSA) is 96.5 Å². The Labute approximate surface area is 208 Å². The van der Waals surface area contributed by atoms with Crippen LogP contribution in [-0.2, 0) is 33.2 Å². The van der Waals surface area contributed by atoms with Crippen LogP contribution in [0.1, 0.15) is 43.4 Å². The quantitative estimate of drug-likeness (QED) is 0.175. The molecule has 208 valence electrons. The van der Waals surface area contributed by atoms with E-state index >= 15 is 0 Å². The van der Waals surface area contributed by atoms with Crippen molar-refractivity contribution in [2.24, 2.45) is 5.92 Å². The average Bonchev–Trinajstić information content (AvgIpc) is 2.85. The van der Waals surface area contributed by atoms with E-state index in [1.165, 1.54) is 0 Å². The van der Waals surface area contributed by atoms with Crippen molar-refractivity contribution in [1.82, 2.24) is 10.6 Å². The number of carbonyl (C=O) groups excluding carboxylic acids is 1. The number of rotatable bonds is 26. The van der Waals surface area contributed by atoms with Crippen LogP contribution < -0.4 is 10.6 Å². The van der Waals surface area contributed by atoms with Crippen molar-refractivity contribution in [1.29, 1.82) is 0 Å². The number of nitrogens with one attached hydrogen (secondary N) is 2. The van der Waals surface area contributed by atoms with Crippen molar-refractivity contribution in [3.8, 4) is 0 Å². The van der Waals surface area contributed by atoms with Gasteiger partial charge in [-0.3, -0.25) is 4.79 Å². The number of hydrogen-bond donors (Lipinski definition) is 2. The molecular weight excluding hydrogens is 447 g/mol. The summed E-state index contributed by atoms with van der Waals surface area (Å²) in [6, 6.07) is 0.525. The third kappa shape index (κ3) is 22.9. The Balaban J connectivity index is -0.00000544. The fourth-order valence-corrected chi connectivity index (χ4v) is 2.46. The first-order chi connectivity index (χ1) is 16.5. The SMILES string of the molecule is CCC(C)NCCOCCOCCOCCOCCOCCOCC(F)CNC(=O)C(C)CC.[HH].[HH]. The molecule has 0 spiro atoms. The van der Waals surface area contributed by atoms with Gasteiger partial charge >= 0.3 is 0 Å². The zero-order valence-corrected chi connectivity index (χ0v) is 21.8. The van der Waals surface area contributed by atoms with E-state index in [9.17, 15) is 9.18 Å². The highest BCUT2D eigenvalue weighted by molar-refractivity contribution is 5.78. The summed E-state index contributed by atoms with van der Waals surface area (Å²) >= 11 is 0. The second kappa shape index (κ2) is 25.2. The molecule has 10 heteroatoms. The molecule has 34 heavy (non-hydrogen) atoms. The van der Waals surface area contributed by atoms with Gasteiger partial charge < -0.3 is 39.1 Å². The molecule has 0 saturated carbocycles. The molecule has 0 aromatic heterocycles.